The molecular weight excluding hydrogens is 214 g/mol. The van der Waals surface area contributed by atoms with Crippen molar-refractivity contribution in [3.63, 3.8) is 0 Å². The van der Waals surface area contributed by atoms with Crippen molar-refractivity contribution in [3.8, 4) is 0 Å². The quantitative estimate of drug-likeness (QED) is 0.595. The van der Waals surface area contributed by atoms with Crippen LogP contribution in [0.15, 0.2) is 0 Å². The van der Waals surface area contributed by atoms with E-state index in [2.05, 4.69) is 0 Å². The van der Waals surface area contributed by atoms with Crippen molar-refractivity contribution in [1.29, 1.82) is 0 Å². The van der Waals surface area contributed by atoms with Gasteiger partial charge in [0.05, 0.1) is 5.41 Å². The summed E-state index contributed by atoms with van der Waals surface area (Å²) in [4.78, 5) is 12.3. The molecule has 2 saturated carbocycles. The lowest BCUT2D eigenvalue weighted by Gasteiger charge is -2.29. The Hall–Kier alpha value is -0.570. The molecular formula is C14H25NO2. The molecule has 0 heterocycles. The van der Waals surface area contributed by atoms with Gasteiger partial charge in [0.15, 0.2) is 0 Å². The van der Waals surface area contributed by atoms with Gasteiger partial charge in [0.1, 0.15) is 6.10 Å². The number of hydrogen-bond acceptors (Lipinski definition) is 3. The van der Waals surface area contributed by atoms with Gasteiger partial charge in [-0.3, -0.25) is 4.79 Å². The van der Waals surface area contributed by atoms with E-state index in [1.807, 2.05) is 6.92 Å². The lowest BCUT2D eigenvalue weighted by Crippen LogP contribution is -2.43. The van der Waals surface area contributed by atoms with Crippen molar-refractivity contribution in [2.75, 3.05) is 0 Å². The monoisotopic (exact) mass is 239 g/mol. The Morgan fingerprint density at radius 1 is 1.12 bits per heavy atom. The summed E-state index contributed by atoms with van der Waals surface area (Å²) in [5.41, 5.74) is 5.63. The summed E-state index contributed by atoms with van der Waals surface area (Å²) in [6.07, 6.45) is 10.1. The highest BCUT2D eigenvalue weighted by molar-refractivity contribution is 5.78. The molecule has 0 spiro atoms. The molecule has 2 unspecified atom stereocenters. The standard InChI is InChI=1S/C14H25NO2/c1-14(10-6-9-12(14)15)13(16)17-11-7-4-2-3-5-8-11/h11-12H,2-10,15H2,1H3. The molecule has 0 amide bonds. The Morgan fingerprint density at radius 2 is 1.76 bits per heavy atom. The first-order valence-corrected chi connectivity index (χ1v) is 7.09. The predicted octanol–water partition coefficient (Wildman–Crippen LogP) is 2.77. The second-order valence-corrected chi connectivity index (χ2v) is 5.94. The van der Waals surface area contributed by atoms with Crippen LogP contribution in [0, 0.1) is 5.41 Å². The van der Waals surface area contributed by atoms with E-state index in [1.54, 1.807) is 0 Å². The summed E-state index contributed by atoms with van der Waals surface area (Å²) in [7, 11) is 0. The molecule has 0 aromatic carbocycles. The van der Waals surface area contributed by atoms with Gasteiger partial charge >= 0.3 is 5.97 Å². The molecule has 0 bridgehead atoms. The maximum Gasteiger partial charge on any atom is 0.313 e. The Kier molecular flexibility index (Phi) is 4.08. The van der Waals surface area contributed by atoms with Crippen LogP contribution < -0.4 is 5.73 Å². The number of carbonyl (C=O) groups excluding carboxylic acids is 1. The van der Waals surface area contributed by atoms with Gasteiger partial charge < -0.3 is 10.5 Å². The highest BCUT2D eigenvalue weighted by Gasteiger charge is 2.45. The minimum atomic E-state index is -0.424. The number of hydrogen-bond donors (Lipinski definition) is 1. The molecule has 2 N–H and O–H groups in total. The van der Waals surface area contributed by atoms with Crippen molar-refractivity contribution in [2.24, 2.45) is 11.1 Å². The molecule has 0 saturated heterocycles. The van der Waals surface area contributed by atoms with Crippen LogP contribution in [0.3, 0.4) is 0 Å². The molecule has 2 fully saturated rings. The van der Waals surface area contributed by atoms with Gasteiger partial charge in [-0.05, 0) is 45.4 Å². The lowest BCUT2D eigenvalue weighted by molar-refractivity contribution is -0.161. The largest absolute Gasteiger partial charge is 0.462 e. The van der Waals surface area contributed by atoms with Gasteiger partial charge in [0, 0.05) is 6.04 Å². The zero-order chi connectivity index (χ0) is 12.3. The SMILES string of the molecule is CC1(C(=O)OC2CCCCCC2)CCCC1N. The van der Waals surface area contributed by atoms with E-state index in [1.165, 1.54) is 25.7 Å². The average Bonchev–Trinajstić information content (AvgIpc) is 2.55. The molecule has 17 heavy (non-hydrogen) atoms. The third-order valence-corrected chi connectivity index (χ3v) is 4.57. The summed E-state index contributed by atoms with van der Waals surface area (Å²) in [6, 6.07) is -0.0132. The predicted molar refractivity (Wildman–Crippen MR) is 67.5 cm³/mol. The van der Waals surface area contributed by atoms with Crippen molar-refractivity contribution in [3.05, 3.63) is 0 Å². The fourth-order valence-corrected chi connectivity index (χ4v) is 3.09. The fraction of sp³-hybridized carbons (Fsp3) is 0.929. The van der Waals surface area contributed by atoms with Crippen LogP contribution in [0.4, 0.5) is 0 Å². The molecule has 3 heteroatoms. The Bertz CT molecular complexity index is 271. The number of esters is 1. The molecule has 2 aliphatic carbocycles. The molecule has 0 aromatic rings. The summed E-state index contributed by atoms with van der Waals surface area (Å²) < 4.78 is 5.71. The summed E-state index contributed by atoms with van der Waals surface area (Å²) in [6.45, 7) is 1.98. The minimum absolute atomic E-state index is 0.0132. The molecule has 3 nitrogen and oxygen atoms in total. The molecule has 2 rings (SSSR count). The summed E-state index contributed by atoms with van der Waals surface area (Å²) >= 11 is 0. The van der Waals surface area contributed by atoms with E-state index < -0.39 is 5.41 Å². The summed E-state index contributed by atoms with van der Waals surface area (Å²) in [5, 5.41) is 0. The molecule has 2 aliphatic rings. The van der Waals surface area contributed by atoms with E-state index in [0.717, 1.165) is 32.1 Å². The Morgan fingerprint density at radius 3 is 2.29 bits per heavy atom. The van der Waals surface area contributed by atoms with Crippen molar-refractivity contribution < 1.29 is 9.53 Å². The van der Waals surface area contributed by atoms with Gasteiger partial charge in [-0.15, -0.1) is 0 Å². The Balaban J connectivity index is 1.91. The third-order valence-electron chi connectivity index (χ3n) is 4.57. The molecule has 0 aliphatic heterocycles. The lowest BCUT2D eigenvalue weighted by atomic mass is 9.85. The van der Waals surface area contributed by atoms with Gasteiger partial charge in [-0.1, -0.05) is 19.3 Å². The van der Waals surface area contributed by atoms with Crippen LogP contribution in [0.5, 0.6) is 0 Å². The van der Waals surface area contributed by atoms with Crippen molar-refractivity contribution in [2.45, 2.75) is 76.9 Å². The first kappa shape index (κ1) is 12.9. The van der Waals surface area contributed by atoms with Gasteiger partial charge in [0.25, 0.3) is 0 Å². The average molecular weight is 239 g/mol. The smallest absolute Gasteiger partial charge is 0.313 e. The molecule has 0 radical (unpaired) electrons. The van der Waals surface area contributed by atoms with E-state index in [0.29, 0.717) is 0 Å². The molecule has 0 aromatic heterocycles. The van der Waals surface area contributed by atoms with E-state index in [4.69, 9.17) is 10.5 Å². The minimum Gasteiger partial charge on any atom is -0.462 e. The van der Waals surface area contributed by atoms with Crippen LogP contribution in [0.25, 0.3) is 0 Å². The maximum absolute atomic E-state index is 12.3. The number of rotatable bonds is 2. The van der Waals surface area contributed by atoms with Crippen LogP contribution in [-0.2, 0) is 9.53 Å². The zero-order valence-electron chi connectivity index (χ0n) is 10.9. The third kappa shape index (κ3) is 2.82. The van der Waals surface area contributed by atoms with Crippen molar-refractivity contribution >= 4 is 5.97 Å². The fourth-order valence-electron chi connectivity index (χ4n) is 3.09. The number of ether oxygens (including phenoxy) is 1. The zero-order valence-corrected chi connectivity index (χ0v) is 10.9. The highest BCUT2D eigenvalue weighted by atomic mass is 16.5. The Labute approximate surface area is 104 Å². The molecule has 98 valence electrons. The molecule has 2 atom stereocenters. The van der Waals surface area contributed by atoms with Crippen LogP contribution in [-0.4, -0.2) is 18.1 Å². The van der Waals surface area contributed by atoms with Gasteiger partial charge in [-0.25, -0.2) is 0 Å². The van der Waals surface area contributed by atoms with E-state index in [9.17, 15) is 4.79 Å². The van der Waals surface area contributed by atoms with Crippen molar-refractivity contribution in [1.82, 2.24) is 0 Å². The maximum atomic E-state index is 12.3. The van der Waals surface area contributed by atoms with E-state index in [-0.39, 0.29) is 18.1 Å². The first-order chi connectivity index (χ1) is 8.13. The summed E-state index contributed by atoms with van der Waals surface area (Å²) in [5.74, 6) is -0.0469. The second-order valence-electron chi connectivity index (χ2n) is 5.94. The topological polar surface area (TPSA) is 52.3 Å². The highest BCUT2D eigenvalue weighted by Crippen LogP contribution is 2.38. The van der Waals surface area contributed by atoms with Crippen LogP contribution >= 0.6 is 0 Å². The van der Waals surface area contributed by atoms with Gasteiger partial charge in [-0.2, -0.15) is 0 Å². The number of carbonyl (C=O) groups is 1. The number of nitrogens with two attached hydrogens (primary N) is 1. The van der Waals surface area contributed by atoms with E-state index >= 15 is 0 Å². The van der Waals surface area contributed by atoms with Crippen LogP contribution in [0.1, 0.15) is 64.7 Å². The first-order valence-electron chi connectivity index (χ1n) is 7.09. The van der Waals surface area contributed by atoms with Crippen LogP contribution in [0.2, 0.25) is 0 Å². The normalized spacial score (nSPS) is 35.5. The van der Waals surface area contributed by atoms with Gasteiger partial charge in [0.2, 0.25) is 0 Å². The second kappa shape index (κ2) is 5.38.